The molecule has 0 bridgehead atoms. The van der Waals surface area contributed by atoms with Crippen LogP contribution in [0.4, 0.5) is 5.69 Å². The number of carbonyl (C=O) groups excluding carboxylic acids is 1. The molecule has 4 nitrogen and oxygen atoms in total. The minimum absolute atomic E-state index is 0.330. The summed E-state index contributed by atoms with van der Waals surface area (Å²) in [4.78, 5) is 11.6. The lowest BCUT2D eigenvalue weighted by Gasteiger charge is -2.17. The standard InChI is InChI=1S/C11H16N2O2/c1-7-8-5-3-4-6-13(8)10(9(7)12)11(14)15-2/h3-6,12H2,1-2H3. The Bertz CT molecular complexity index is 407. The van der Waals surface area contributed by atoms with Gasteiger partial charge in [-0.25, -0.2) is 4.79 Å². The molecule has 2 rings (SSSR count). The number of fused-ring (bicyclic) bond motifs is 1. The molecule has 0 saturated carbocycles. The number of nitrogen functional groups attached to an aromatic ring is 1. The molecular weight excluding hydrogens is 192 g/mol. The molecule has 1 aliphatic heterocycles. The average molecular weight is 208 g/mol. The number of hydrogen-bond acceptors (Lipinski definition) is 3. The molecule has 0 aliphatic carbocycles. The Morgan fingerprint density at radius 2 is 2.20 bits per heavy atom. The van der Waals surface area contributed by atoms with Gasteiger partial charge in [-0.15, -0.1) is 0 Å². The van der Waals surface area contributed by atoms with Gasteiger partial charge < -0.3 is 15.0 Å². The molecule has 82 valence electrons. The zero-order valence-corrected chi connectivity index (χ0v) is 9.17. The average Bonchev–Trinajstić information content (AvgIpc) is 2.52. The lowest BCUT2D eigenvalue weighted by molar-refractivity contribution is 0.0588. The second-order valence-corrected chi connectivity index (χ2v) is 3.93. The number of hydrogen-bond donors (Lipinski definition) is 1. The third-order valence-corrected chi connectivity index (χ3v) is 3.11. The van der Waals surface area contributed by atoms with E-state index in [1.54, 1.807) is 0 Å². The van der Waals surface area contributed by atoms with Crippen molar-refractivity contribution in [2.75, 3.05) is 12.8 Å². The van der Waals surface area contributed by atoms with Crippen molar-refractivity contribution in [3.63, 3.8) is 0 Å². The topological polar surface area (TPSA) is 57.2 Å². The molecule has 0 atom stereocenters. The fourth-order valence-electron chi connectivity index (χ4n) is 2.26. The van der Waals surface area contributed by atoms with E-state index in [-0.39, 0.29) is 5.97 Å². The Labute approximate surface area is 89.0 Å². The van der Waals surface area contributed by atoms with Crippen LogP contribution in [0, 0.1) is 6.92 Å². The van der Waals surface area contributed by atoms with Crippen LogP contribution >= 0.6 is 0 Å². The lowest BCUT2D eigenvalue weighted by atomic mass is 10.1. The predicted molar refractivity (Wildman–Crippen MR) is 57.9 cm³/mol. The largest absolute Gasteiger partial charge is 0.464 e. The van der Waals surface area contributed by atoms with Crippen LogP contribution in [0.3, 0.4) is 0 Å². The summed E-state index contributed by atoms with van der Waals surface area (Å²) in [7, 11) is 1.39. The van der Waals surface area contributed by atoms with Crippen molar-refractivity contribution in [1.82, 2.24) is 4.57 Å². The second-order valence-electron chi connectivity index (χ2n) is 3.93. The van der Waals surface area contributed by atoms with Crippen LogP contribution in [0.25, 0.3) is 0 Å². The van der Waals surface area contributed by atoms with Gasteiger partial charge in [0.05, 0.1) is 12.8 Å². The molecule has 0 spiro atoms. The highest BCUT2D eigenvalue weighted by molar-refractivity contribution is 5.95. The van der Waals surface area contributed by atoms with E-state index in [9.17, 15) is 4.79 Å². The van der Waals surface area contributed by atoms with E-state index in [1.165, 1.54) is 19.2 Å². The first-order valence-electron chi connectivity index (χ1n) is 5.22. The number of nitrogens with two attached hydrogens (primary N) is 1. The molecule has 2 heterocycles. The SMILES string of the molecule is COC(=O)c1c(N)c(C)c2n1CCCC2. The zero-order chi connectivity index (χ0) is 11.0. The van der Waals surface area contributed by atoms with Crippen LogP contribution in [-0.4, -0.2) is 17.6 Å². The first kappa shape index (κ1) is 10.1. The van der Waals surface area contributed by atoms with Gasteiger partial charge in [-0.2, -0.15) is 0 Å². The van der Waals surface area contributed by atoms with Gasteiger partial charge in [0.15, 0.2) is 5.69 Å². The second kappa shape index (κ2) is 3.61. The minimum atomic E-state index is -0.330. The van der Waals surface area contributed by atoms with Gasteiger partial charge >= 0.3 is 5.97 Å². The molecule has 0 amide bonds. The molecule has 15 heavy (non-hydrogen) atoms. The summed E-state index contributed by atoms with van der Waals surface area (Å²) in [5.74, 6) is -0.330. The Balaban J connectivity index is 2.58. The molecule has 0 aromatic carbocycles. The summed E-state index contributed by atoms with van der Waals surface area (Å²) < 4.78 is 6.77. The molecule has 1 aromatic heterocycles. The maximum atomic E-state index is 11.6. The summed E-state index contributed by atoms with van der Waals surface area (Å²) in [6, 6.07) is 0. The van der Waals surface area contributed by atoms with E-state index in [2.05, 4.69) is 0 Å². The molecule has 1 aromatic rings. The van der Waals surface area contributed by atoms with Crippen molar-refractivity contribution in [3.8, 4) is 0 Å². The first-order chi connectivity index (χ1) is 7.16. The van der Waals surface area contributed by atoms with Crippen LogP contribution in [0.2, 0.25) is 0 Å². The van der Waals surface area contributed by atoms with E-state index < -0.39 is 0 Å². The summed E-state index contributed by atoms with van der Waals surface area (Å²) in [5, 5.41) is 0. The summed E-state index contributed by atoms with van der Waals surface area (Å²) >= 11 is 0. The van der Waals surface area contributed by atoms with Crippen molar-refractivity contribution in [3.05, 3.63) is 17.0 Å². The Morgan fingerprint density at radius 1 is 1.47 bits per heavy atom. The van der Waals surface area contributed by atoms with Crippen LogP contribution in [-0.2, 0) is 17.7 Å². The Hall–Kier alpha value is -1.45. The number of carbonyl (C=O) groups is 1. The molecule has 0 saturated heterocycles. The van der Waals surface area contributed by atoms with E-state index >= 15 is 0 Å². The number of anilines is 1. The minimum Gasteiger partial charge on any atom is -0.464 e. The van der Waals surface area contributed by atoms with E-state index in [0.29, 0.717) is 11.4 Å². The molecule has 2 N–H and O–H groups in total. The van der Waals surface area contributed by atoms with Crippen molar-refractivity contribution in [1.29, 1.82) is 0 Å². The highest BCUT2D eigenvalue weighted by Gasteiger charge is 2.25. The van der Waals surface area contributed by atoms with Crippen LogP contribution in [0.1, 0.15) is 34.6 Å². The van der Waals surface area contributed by atoms with Gasteiger partial charge in [0.25, 0.3) is 0 Å². The first-order valence-corrected chi connectivity index (χ1v) is 5.22. The van der Waals surface area contributed by atoms with Crippen LogP contribution in [0.15, 0.2) is 0 Å². The molecule has 4 heteroatoms. The van der Waals surface area contributed by atoms with E-state index in [0.717, 1.165) is 24.9 Å². The monoisotopic (exact) mass is 208 g/mol. The number of esters is 1. The van der Waals surface area contributed by atoms with Crippen molar-refractivity contribution in [2.45, 2.75) is 32.7 Å². The number of ether oxygens (including phenoxy) is 1. The molecule has 0 unspecified atom stereocenters. The third-order valence-electron chi connectivity index (χ3n) is 3.11. The van der Waals surface area contributed by atoms with Crippen LogP contribution in [0.5, 0.6) is 0 Å². The predicted octanol–water partition coefficient (Wildman–Crippen LogP) is 1.50. The Morgan fingerprint density at radius 3 is 2.87 bits per heavy atom. The van der Waals surface area contributed by atoms with E-state index in [4.69, 9.17) is 10.5 Å². The number of methoxy groups -OCH3 is 1. The molecule has 0 radical (unpaired) electrons. The van der Waals surface area contributed by atoms with Gasteiger partial charge in [0.2, 0.25) is 0 Å². The smallest absolute Gasteiger partial charge is 0.356 e. The van der Waals surface area contributed by atoms with E-state index in [1.807, 2.05) is 11.5 Å². The van der Waals surface area contributed by atoms with Crippen molar-refractivity contribution < 1.29 is 9.53 Å². The quantitative estimate of drug-likeness (QED) is 0.711. The number of aromatic nitrogens is 1. The van der Waals surface area contributed by atoms with Crippen molar-refractivity contribution >= 4 is 11.7 Å². The highest BCUT2D eigenvalue weighted by atomic mass is 16.5. The number of nitrogens with zero attached hydrogens (tertiary/aromatic N) is 1. The highest BCUT2D eigenvalue weighted by Crippen LogP contribution is 2.30. The third kappa shape index (κ3) is 1.40. The maximum absolute atomic E-state index is 11.6. The summed E-state index contributed by atoms with van der Waals surface area (Å²) in [6.07, 6.45) is 3.28. The normalized spacial score (nSPS) is 14.8. The zero-order valence-electron chi connectivity index (χ0n) is 9.17. The van der Waals surface area contributed by atoms with Crippen molar-refractivity contribution in [2.24, 2.45) is 0 Å². The van der Waals surface area contributed by atoms with Gasteiger partial charge in [-0.3, -0.25) is 0 Å². The van der Waals surface area contributed by atoms with Gasteiger partial charge in [0, 0.05) is 12.2 Å². The maximum Gasteiger partial charge on any atom is 0.356 e. The fraction of sp³-hybridized carbons (Fsp3) is 0.545. The molecule has 1 aliphatic rings. The van der Waals surface area contributed by atoms with Gasteiger partial charge in [-0.1, -0.05) is 0 Å². The fourth-order valence-corrected chi connectivity index (χ4v) is 2.26. The number of rotatable bonds is 1. The van der Waals surface area contributed by atoms with Gasteiger partial charge in [-0.05, 0) is 31.7 Å². The Kier molecular flexibility index (Phi) is 2.42. The lowest BCUT2D eigenvalue weighted by Crippen LogP contribution is -2.17. The summed E-state index contributed by atoms with van der Waals surface area (Å²) in [6.45, 7) is 2.84. The van der Waals surface area contributed by atoms with Gasteiger partial charge in [0.1, 0.15) is 0 Å². The molecular formula is C11H16N2O2. The summed E-state index contributed by atoms with van der Waals surface area (Å²) in [5.41, 5.74) is 9.28. The molecule has 0 fully saturated rings. The van der Waals surface area contributed by atoms with Crippen LogP contribution < -0.4 is 5.73 Å².